The zero-order valence-electron chi connectivity index (χ0n) is 23.2. The molecule has 0 heterocycles. The molecule has 0 aliphatic heterocycles. The lowest BCUT2D eigenvalue weighted by Gasteiger charge is -2.32. The van der Waals surface area contributed by atoms with E-state index in [9.17, 15) is 18.0 Å². The van der Waals surface area contributed by atoms with E-state index in [4.69, 9.17) is 4.74 Å². The smallest absolute Gasteiger partial charge is 0.264 e. The predicted molar refractivity (Wildman–Crippen MR) is 161 cm³/mol. The van der Waals surface area contributed by atoms with Gasteiger partial charge >= 0.3 is 0 Å². The number of amides is 2. The van der Waals surface area contributed by atoms with Gasteiger partial charge < -0.3 is 15.0 Å². The van der Waals surface area contributed by atoms with Crippen molar-refractivity contribution in [2.24, 2.45) is 5.92 Å². The molecule has 3 rings (SSSR count). The third kappa shape index (κ3) is 8.32. The van der Waals surface area contributed by atoms with Gasteiger partial charge in [-0.3, -0.25) is 13.9 Å². The van der Waals surface area contributed by atoms with E-state index in [1.165, 1.54) is 17.0 Å². The molecule has 0 bridgehead atoms. The molecule has 1 atom stereocenters. The van der Waals surface area contributed by atoms with Gasteiger partial charge in [-0.2, -0.15) is 0 Å². The summed E-state index contributed by atoms with van der Waals surface area (Å²) in [4.78, 5) is 28.4. The summed E-state index contributed by atoms with van der Waals surface area (Å²) in [6.45, 7) is 8.02. The second-order valence-corrected chi connectivity index (χ2v) is 12.5. The van der Waals surface area contributed by atoms with E-state index in [1.54, 1.807) is 49.4 Å². The van der Waals surface area contributed by atoms with Crippen LogP contribution in [0.5, 0.6) is 5.75 Å². The molecule has 0 aliphatic rings. The fourth-order valence-electron chi connectivity index (χ4n) is 3.99. The first kappa shape index (κ1) is 31.2. The average Bonchev–Trinajstić information content (AvgIpc) is 2.93. The minimum atomic E-state index is -4.14. The topological polar surface area (TPSA) is 96.0 Å². The van der Waals surface area contributed by atoms with Crippen LogP contribution >= 0.6 is 15.9 Å². The number of nitrogens with one attached hydrogen (secondary N) is 1. The van der Waals surface area contributed by atoms with Crippen LogP contribution in [0.25, 0.3) is 0 Å². The summed E-state index contributed by atoms with van der Waals surface area (Å²) in [5.41, 5.74) is 1.14. The van der Waals surface area contributed by atoms with E-state index < -0.39 is 28.5 Å². The zero-order chi connectivity index (χ0) is 29.3. The zero-order valence-corrected chi connectivity index (χ0v) is 25.6. The Bertz CT molecular complexity index is 1380. The minimum Gasteiger partial charge on any atom is -0.494 e. The molecule has 1 unspecified atom stereocenters. The number of hydrogen-bond acceptors (Lipinski definition) is 5. The Morgan fingerprint density at radius 2 is 1.62 bits per heavy atom. The second kappa shape index (κ2) is 14.3. The van der Waals surface area contributed by atoms with E-state index in [0.29, 0.717) is 24.6 Å². The normalized spacial score (nSPS) is 12.1. The number of ether oxygens (including phenoxy) is 1. The van der Waals surface area contributed by atoms with Crippen LogP contribution in [0, 0.1) is 5.92 Å². The van der Waals surface area contributed by atoms with Crippen LogP contribution < -0.4 is 14.4 Å². The molecule has 10 heteroatoms. The molecule has 0 spiro atoms. The molecular formula is C30H36BrN3O5S. The van der Waals surface area contributed by atoms with Gasteiger partial charge in [-0.15, -0.1) is 0 Å². The average molecular weight is 631 g/mol. The predicted octanol–water partition coefficient (Wildman–Crippen LogP) is 5.23. The number of rotatable bonds is 13. The number of carbonyl (C=O) groups excluding carboxylic acids is 2. The van der Waals surface area contributed by atoms with Crippen molar-refractivity contribution in [2.45, 2.75) is 45.2 Å². The van der Waals surface area contributed by atoms with E-state index in [0.717, 1.165) is 14.3 Å². The first-order chi connectivity index (χ1) is 19.0. The molecule has 214 valence electrons. The van der Waals surface area contributed by atoms with Crippen molar-refractivity contribution in [2.75, 3.05) is 24.0 Å². The summed E-state index contributed by atoms with van der Waals surface area (Å²) >= 11 is 3.45. The van der Waals surface area contributed by atoms with Crippen LogP contribution in [-0.2, 0) is 26.2 Å². The van der Waals surface area contributed by atoms with Gasteiger partial charge in [-0.25, -0.2) is 8.42 Å². The highest BCUT2D eigenvalue weighted by Gasteiger charge is 2.32. The van der Waals surface area contributed by atoms with Crippen molar-refractivity contribution in [3.05, 3.63) is 88.9 Å². The van der Waals surface area contributed by atoms with Crippen LogP contribution in [0.1, 0.15) is 33.3 Å². The van der Waals surface area contributed by atoms with Crippen LogP contribution in [0.3, 0.4) is 0 Å². The lowest BCUT2D eigenvalue weighted by atomic mass is 10.1. The maximum atomic E-state index is 13.9. The maximum Gasteiger partial charge on any atom is 0.264 e. The Balaban J connectivity index is 1.98. The molecule has 1 N–H and O–H groups in total. The monoisotopic (exact) mass is 629 g/mol. The number of anilines is 1. The molecule has 8 nitrogen and oxygen atoms in total. The number of halogens is 1. The Kier molecular flexibility index (Phi) is 11.2. The highest BCUT2D eigenvalue weighted by atomic mass is 79.9. The molecule has 3 aromatic rings. The van der Waals surface area contributed by atoms with Crippen molar-refractivity contribution in [3.8, 4) is 5.75 Å². The van der Waals surface area contributed by atoms with Crippen molar-refractivity contribution < 1.29 is 22.7 Å². The standard InChI is InChI=1S/C30H36BrN3O5S/c1-5-39-27-14-16-28(17-15-27)40(37,38)34(26-12-7-6-8-13-26)21-29(35)33(20-24-10-9-11-25(31)18-24)23(4)30(36)32-19-22(2)3/h6-18,22-23H,5,19-21H2,1-4H3,(H,32,36). The number of carbonyl (C=O) groups is 2. The van der Waals surface area contributed by atoms with Crippen molar-refractivity contribution in [1.82, 2.24) is 10.2 Å². The molecule has 0 radical (unpaired) electrons. The van der Waals surface area contributed by atoms with Gasteiger partial charge in [0.2, 0.25) is 11.8 Å². The highest BCUT2D eigenvalue weighted by molar-refractivity contribution is 9.10. The van der Waals surface area contributed by atoms with Gasteiger partial charge in [0.25, 0.3) is 10.0 Å². The number of sulfonamides is 1. The molecular weight excluding hydrogens is 594 g/mol. The van der Waals surface area contributed by atoms with Gasteiger partial charge in [0, 0.05) is 17.6 Å². The third-order valence-corrected chi connectivity index (χ3v) is 8.42. The first-order valence-corrected chi connectivity index (χ1v) is 15.4. The molecule has 2 amide bonds. The van der Waals surface area contributed by atoms with Crippen LogP contribution in [0.2, 0.25) is 0 Å². The van der Waals surface area contributed by atoms with Gasteiger partial charge in [0.1, 0.15) is 18.3 Å². The Morgan fingerprint density at radius 3 is 2.23 bits per heavy atom. The summed E-state index contributed by atoms with van der Waals surface area (Å²) in [6.07, 6.45) is 0. The maximum absolute atomic E-state index is 13.9. The summed E-state index contributed by atoms with van der Waals surface area (Å²) in [5, 5.41) is 2.89. The van der Waals surface area contributed by atoms with Crippen molar-refractivity contribution >= 4 is 43.5 Å². The third-order valence-electron chi connectivity index (χ3n) is 6.14. The lowest BCUT2D eigenvalue weighted by Crippen LogP contribution is -2.51. The highest BCUT2D eigenvalue weighted by Crippen LogP contribution is 2.26. The summed E-state index contributed by atoms with van der Waals surface area (Å²) in [5.74, 6) is -0.0355. The molecule has 0 aromatic heterocycles. The van der Waals surface area contributed by atoms with Crippen LogP contribution in [0.15, 0.2) is 88.2 Å². The molecule has 0 fully saturated rings. The summed E-state index contributed by atoms with van der Waals surface area (Å²) in [7, 11) is -4.14. The largest absolute Gasteiger partial charge is 0.494 e. The number of para-hydroxylation sites is 1. The molecule has 0 saturated heterocycles. The van der Waals surface area contributed by atoms with E-state index in [-0.39, 0.29) is 23.3 Å². The van der Waals surface area contributed by atoms with E-state index in [1.807, 2.05) is 45.0 Å². The quantitative estimate of drug-likeness (QED) is 0.279. The van der Waals surface area contributed by atoms with Crippen LogP contribution in [0.4, 0.5) is 5.69 Å². The van der Waals surface area contributed by atoms with Crippen molar-refractivity contribution in [3.63, 3.8) is 0 Å². The SMILES string of the molecule is CCOc1ccc(S(=O)(=O)N(CC(=O)N(Cc2cccc(Br)c2)C(C)C(=O)NCC(C)C)c2ccccc2)cc1. The molecule has 3 aromatic carbocycles. The van der Waals surface area contributed by atoms with E-state index >= 15 is 0 Å². The van der Waals surface area contributed by atoms with Crippen molar-refractivity contribution in [1.29, 1.82) is 0 Å². The van der Waals surface area contributed by atoms with Crippen LogP contribution in [-0.4, -0.2) is 50.9 Å². The molecule has 0 aliphatic carbocycles. The van der Waals surface area contributed by atoms with Gasteiger partial charge in [0.05, 0.1) is 17.2 Å². The molecule has 0 saturated carbocycles. The van der Waals surface area contributed by atoms with Gasteiger partial charge in [-0.05, 0) is 73.9 Å². The minimum absolute atomic E-state index is 0.0221. The fourth-order valence-corrected chi connectivity index (χ4v) is 5.85. The Morgan fingerprint density at radius 1 is 0.950 bits per heavy atom. The molecule has 40 heavy (non-hydrogen) atoms. The Labute approximate surface area is 245 Å². The number of hydrogen-bond donors (Lipinski definition) is 1. The number of nitrogens with zero attached hydrogens (tertiary/aromatic N) is 2. The van der Waals surface area contributed by atoms with Gasteiger partial charge in [0.15, 0.2) is 0 Å². The number of benzene rings is 3. The summed E-state index contributed by atoms with van der Waals surface area (Å²) in [6, 6.07) is 21.2. The lowest BCUT2D eigenvalue weighted by molar-refractivity contribution is -0.139. The van der Waals surface area contributed by atoms with E-state index in [2.05, 4.69) is 21.2 Å². The fraction of sp³-hybridized carbons (Fsp3) is 0.333. The summed E-state index contributed by atoms with van der Waals surface area (Å²) < 4.78 is 35.1. The second-order valence-electron chi connectivity index (χ2n) is 9.72. The van der Waals surface area contributed by atoms with Gasteiger partial charge in [-0.1, -0.05) is 60.1 Å². The Hall–Kier alpha value is -3.37. The first-order valence-electron chi connectivity index (χ1n) is 13.1.